The summed E-state index contributed by atoms with van der Waals surface area (Å²) in [6.07, 6.45) is 0. The van der Waals surface area contributed by atoms with Gasteiger partial charge in [-0.05, 0) is 62.4 Å². The highest BCUT2D eigenvalue weighted by molar-refractivity contribution is 6.00. The lowest BCUT2D eigenvalue weighted by molar-refractivity contribution is 0.0526. The molecule has 0 aliphatic rings. The first-order valence-corrected chi connectivity index (χ1v) is 8.17. The molecule has 6 nitrogen and oxygen atoms in total. The lowest BCUT2D eigenvalue weighted by atomic mass is 10.1. The number of fused-ring (bicyclic) bond motifs is 1. The van der Waals surface area contributed by atoms with Crippen LogP contribution in [0.3, 0.4) is 0 Å². The molecule has 3 aromatic rings. The summed E-state index contributed by atoms with van der Waals surface area (Å²) < 4.78 is 5.06. The monoisotopic (exact) mass is 386 g/mol. The molecule has 1 heterocycles. The Labute approximate surface area is 162 Å². The number of hydrogen-bond donors (Lipinski definition) is 2. The van der Waals surface area contributed by atoms with E-state index in [0.29, 0.717) is 12.2 Å². The highest BCUT2D eigenvalue weighted by atomic mass is 35.5. The van der Waals surface area contributed by atoms with Crippen molar-refractivity contribution in [3.63, 3.8) is 0 Å². The van der Waals surface area contributed by atoms with E-state index in [1.54, 1.807) is 37.3 Å². The van der Waals surface area contributed by atoms with Crippen molar-refractivity contribution >= 4 is 46.6 Å². The van der Waals surface area contributed by atoms with Gasteiger partial charge in [-0.15, -0.1) is 12.4 Å². The standard InChI is InChI=1S/C20H18N2O4.ClH/c1-3-26-20(25)14-6-9-17-16(11-14)18(10-12(2)21-17)22-15-7-4-13(5-8-15)19(23)24;/h4-11H,3H2,1-2H3,(H,21,22)(H,23,24);1H. The van der Waals surface area contributed by atoms with Gasteiger partial charge in [-0.3, -0.25) is 4.98 Å². The van der Waals surface area contributed by atoms with E-state index < -0.39 is 5.97 Å². The summed E-state index contributed by atoms with van der Waals surface area (Å²) in [7, 11) is 0. The molecule has 0 aliphatic carbocycles. The number of anilines is 2. The first-order chi connectivity index (χ1) is 12.5. The number of rotatable bonds is 5. The Hall–Kier alpha value is -3.12. The largest absolute Gasteiger partial charge is 0.478 e. The predicted octanol–water partition coefficient (Wildman–Crippen LogP) is 4.58. The molecule has 0 aliphatic heterocycles. The Balaban J connectivity index is 0.00000261. The number of aryl methyl sites for hydroxylation is 1. The van der Waals surface area contributed by atoms with Crippen molar-refractivity contribution in [2.24, 2.45) is 0 Å². The Kier molecular flexibility index (Phi) is 6.36. The Morgan fingerprint density at radius 3 is 2.37 bits per heavy atom. The van der Waals surface area contributed by atoms with Crippen molar-refractivity contribution in [3.05, 3.63) is 65.4 Å². The third-order valence-electron chi connectivity index (χ3n) is 3.86. The fourth-order valence-corrected chi connectivity index (χ4v) is 2.65. The number of esters is 1. The maximum absolute atomic E-state index is 12.0. The summed E-state index contributed by atoms with van der Waals surface area (Å²) in [5.41, 5.74) is 3.77. The molecule has 0 saturated heterocycles. The highest BCUT2D eigenvalue weighted by Gasteiger charge is 2.11. The maximum atomic E-state index is 12.0. The molecule has 1 aromatic heterocycles. The molecular weight excluding hydrogens is 368 g/mol. The van der Waals surface area contributed by atoms with Crippen LogP contribution in [0.5, 0.6) is 0 Å². The summed E-state index contributed by atoms with van der Waals surface area (Å²) in [6, 6.07) is 13.6. The van der Waals surface area contributed by atoms with Crippen molar-refractivity contribution in [1.82, 2.24) is 4.98 Å². The first-order valence-electron chi connectivity index (χ1n) is 8.17. The van der Waals surface area contributed by atoms with E-state index in [1.807, 2.05) is 13.0 Å². The fraction of sp³-hybridized carbons (Fsp3) is 0.150. The second-order valence-electron chi connectivity index (χ2n) is 5.77. The van der Waals surface area contributed by atoms with Crippen molar-refractivity contribution < 1.29 is 19.4 Å². The number of aromatic carboxylic acids is 1. The average molecular weight is 387 g/mol. The van der Waals surface area contributed by atoms with Crippen LogP contribution >= 0.6 is 12.4 Å². The second kappa shape index (κ2) is 8.51. The van der Waals surface area contributed by atoms with Gasteiger partial charge < -0.3 is 15.2 Å². The van der Waals surface area contributed by atoms with Gasteiger partial charge in [-0.25, -0.2) is 9.59 Å². The molecule has 0 bridgehead atoms. The number of carbonyl (C=O) groups is 2. The van der Waals surface area contributed by atoms with Gasteiger partial charge in [0.25, 0.3) is 0 Å². The number of carbonyl (C=O) groups excluding carboxylic acids is 1. The van der Waals surface area contributed by atoms with Crippen molar-refractivity contribution in [1.29, 1.82) is 0 Å². The topological polar surface area (TPSA) is 88.5 Å². The van der Waals surface area contributed by atoms with Gasteiger partial charge in [0.2, 0.25) is 0 Å². The number of nitrogens with one attached hydrogen (secondary N) is 1. The van der Waals surface area contributed by atoms with Gasteiger partial charge in [0.05, 0.1) is 23.3 Å². The number of carboxylic acids is 1. The number of hydrogen-bond acceptors (Lipinski definition) is 5. The minimum absolute atomic E-state index is 0. The van der Waals surface area contributed by atoms with Crippen LogP contribution in [0.2, 0.25) is 0 Å². The van der Waals surface area contributed by atoms with Gasteiger partial charge in [-0.1, -0.05) is 0 Å². The van der Waals surface area contributed by atoms with Crippen LogP contribution in [0.1, 0.15) is 33.3 Å². The molecule has 2 N–H and O–H groups in total. The van der Waals surface area contributed by atoms with E-state index in [0.717, 1.165) is 28.0 Å². The zero-order chi connectivity index (χ0) is 18.7. The number of nitrogens with zero attached hydrogens (tertiary/aromatic N) is 1. The molecule has 0 radical (unpaired) electrons. The van der Waals surface area contributed by atoms with Crippen molar-refractivity contribution in [2.75, 3.05) is 11.9 Å². The lowest BCUT2D eigenvalue weighted by Crippen LogP contribution is -2.05. The quantitative estimate of drug-likeness (QED) is 0.624. The predicted molar refractivity (Wildman–Crippen MR) is 106 cm³/mol. The zero-order valence-electron chi connectivity index (χ0n) is 14.9. The van der Waals surface area contributed by atoms with Crippen LogP contribution in [0.25, 0.3) is 10.9 Å². The zero-order valence-corrected chi connectivity index (χ0v) is 15.7. The Bertz CT molecular complexity index is 987. The van der Waals surface area contributed by atoms with Crippen LogP contribution in [0, 0.1) is 6.92 Å². The number of ether oxygens (including phenoxy) is 1. The molecule has 140 valence electrons. The molecule has 3 rings (SSSR count). The lowest BCUT2D eigenvalue weighted by Gasteiger charge is -2.12. The van der Waals surface area contributed by atoms with Crippen molar-refractivity contribution in [2.45, 2.75) is 13.8 Å². The normalized spacial score (nSPS) is 10.1. The van der Waals surface area contributed by atoms with Gasteiger partial charge in [0, 0.05) is 22.5 Å². The molecule has 0 spiro atoms. The van der Waals surface area contributed by atoms with E-state index in [4.69, 9.17) is 9.84 Å². The minimum Gasteiger partial charge on any atom is -0.478 e. The molecular formula is C20H19ClN2O4. The van der Waals surface area contributed by atoms with Gasteiger partial charge in [-0.2, -0.15) is 0 Å². The van der Waals surface area contributed by atoms with Gasteiger partial charge in [0.1, 0.15) is 0 Å². The second-order valence-corrected chi connectivity index (χ2v) is 5.77. The van der Waals surface area contributed by atoms with Crippen LogP contribution in [-0.2, 0) is 4.74 Å². The number of carboxylic acid groups (broad SMARTS) is 1. The van der Waals surface area contributed by atoms with Crippen LogP contribution in [0.4, 0.5) is 11.4 Å². The van der Waals surface area contributed by atoms with Crippen LogP contribution in [-0.4, -0.2) is 28.6 Å². The summed E-state index contributed by atoms with van der Waals surface area (Å²) in [5.74, 6) is -1.35. The van der Waals surface area contributed by atoms with E-state index in [9.17, 15) is 9.59 Å². The summed E-state index contributed by atoms with van der Waals surface area (Å²) in [6.45, 7) is 3.96. The first kappa shape index (κ1) is 20.2. The van der Waals surface area contributed by atoms with Crippen LogP contribution < -0.4 is 5.32 Å². The van der Waals surface area contributed by atoms with E-state index in [-0.39, 0.29) is 23.9 Å². The molecule has 0 fully saturated rings. The van der Waals surface area contributed by atoms with Crippen molar-refractivity contribution in [3.8, 4) is 0 Å². The van der Waals surface area contributed by atoms with E-state index >= 15 is 0 Å². The molecule has 27 heavy (non-hydrogen) atoms. The van der Waals surface area contributed by atoms with Gasteiger partial charge >= 0.3 is 11.9 Å². The minimum atomic E-state index is -0.971. The summed E-state index contributed by atoms with van der Waals surface area (Å²) >= 11 is 0. The number of benzene rings is 2. The number of halogens is 1. The molecule has 0 atom stereocenters. The maximum Gasteiger partial charge on any atom is 0.338 e. The molecule has 2 aromatic carbocycles. The number of aromatic nitrogens is 1. The molecule has 0 unspecified atom stereocenters. The fourth-order valence-electron chi connectivity index (χ4n) is 2.65. The third kappa shape index (κ3) is 4.54. The Morgan fingerprint density at radius 2 is 1.74 bits per heavy atom. The molecule has 0 amide bonds. The molecule has 0 saturated carbocycles. The van der Waals surface area contributed by atoms with E-state index in [1.165, 1.54) is 12.1 Å². The average Bonchev–Trinajstić information content (AvgIpc) is 2.62. The van der Waals surface area contributed by atoms with E-state index in [2.05, 4.69) is 10.3 Å². The third-order valence-corrected chi connectivity index (χ3v) is 3.86. The highest BCUT2D eigenvalue weighted by Crippen LogP contribution is 2.28. The Morgan fingerprint density at radius 1 is 1.07 bits per heavy atom. The van der Waals surface area contributed by atoms with Gasteiger partial charge in [0.15, 0.2) is 0 Å². The molecule has 7 heteroatoms. The summed E-state index contributed by atoms with van der Waals surface area (Å²) in [5, 5.41) is 13.0. The SMILES string of the molecule is CCOC(=O)c1ccc2nc(C)cc(Nc3ccc(C(=O)O)cc3)c2c1.Cl. The number of pyridine rings is 1. The van der Waals surface area contributed by atoms with Crippen LogP contribution in [0.15, 0.2) is 48.5 Å². The summed E-state index contributed by atoms with van der Waals surface area (Å²) in [4.78, 5) is 27.5. The smallest absolute Gasteiger partial charge is 0.338 e.